The molecule has 43 heavy (non-hydrogen) atoms. The number of piperazine rings is 1. The van der Waals surface area contributed by atoms with E-state index in [1.165, 1.54) is 21.2 Å². The van der Waals surface area contributed by atoms with Crippen molar-refractivity contribution in [1.29, 1.82) is 0 Å². The number of para-hydroxylation sites is 1. The SMILES string of the molecule is CN(C)CCCOc1ccc(OCCN2CCN(CCCN3c4ccccc4Sc4ccc(Cl)cc43)CC2)cc1.Cl.Cl.Cl. The van der Waals surface area contributed by atoms with Crippen LogP contribution in [0.15, 0.2) is 76.5 Å². The second-order valence-corrected chi connectivity index (χ2v) is 12.2. The largest absolute Gasteiger partial charge is 0.494 e. The molecule has 2 aliphatic rings. The second-order valence-electron chi connectivity index (χ2n) is 10.7. The highest BCUT2D eigenvalue weighted by Crippen LogP contribution is 2.48. The van der Waals surface area contributed by atoms with E-state index in [9.17, 15) is 0 Å². The summed E-state index contributed by atoms with van der Waals surface area (Å²) in [7, 11) is 4.16. The molecular formula is C32H44Cl4N4O2S. The monoisotopic (exact) mass is 688 g/mol. The lowest BCUT2D eigenvalue weighted by Crippen LogP contribution is -2.47. The van der Waals surface area contributed by atoms with Gasteiger partial charge >= 0.3 is 0 Å². The van der Waals surface area contributed by atoms with Crippen molar-refractivity contribution in [3.8, 4) is 11.5 Å². The van der Waals surface area contributed by atoms with Crippen LogP contribution in [0.1, 0.15) is 12.8 Å². The Morgan fingerprint density at radius 1 is 0.698 bits per heavy atom. The van der Waals surface area contributed by atoms with Crippen LogP contribution in [-0.4, -0.2) is 94.4 Å². The highest BCUT2D eigenvalue weighted by molar-refractivity contribution is 7.99. The van der Waals surface area contributed by atoms with E-state index in [1.807, 2.05) is 42.1 Å². The third-order valence-corrected chi connectivity index (χ3v) is 8.79. The summed E-state index contributed by atoms with van der Waals surface area (Å²) in [5, 5.41) is 0.793. The number of ether oxygens (including phenoxy) is 2. The number of anilines is 2. The third-order valence-electron chi connectivity index (χ3n) is 7.43. The minimum absolute atomic E-state index is 0. The summed E-state index contributed by atoms with van der Waals surface area (Å²) >= 11 is 8.21. The third kappa shape index (κ3) is 11.1. The first-order chi connectivity index (χ1) is 19.5. The van der Waals surface area contributed by atoms with E-state index in [0.717, 1.165) is 88.3 Å². The summed E-state index contributed by atoms with van der Waals surface area (Å²) in [6.07, 6.45) is 2.14. The number of fused-ring (bicyclic) bond motifs is 2. The zero-order valence-electron chi connectivity index (χ0n) is 25.0. The molecule has 5 rings (SSSR count). The summed E-state index contributed by atoms with van der Waals surface area (Å²) in [6, 6.07) is 22.9. The second kappa shape index (κ2) is 19.1. The van der Waals surface area contributed by atoms with Gasteiger partial charge in [0.2, 0.25) is 0 Å². The van der Waals surface area contributed by atoms with Crippen molar-refractivity contribution in [1.82, 2.24) is 14.7 Å². The molecule has 0 atom stereocenters. The summed E-state index contributed by atoms with van der Waals surface area (Å²) in [5.74, 6) is 1.80. The van der Waals surface area contributed by atoms with E-state index in [0.29, 0.717) is 6.61 Å². The van der Waals surface area contributed by atoms with Crippen LogP contribution in [0.2, 0.25) is 5.02 Å². The zero-order valence-corrected chi connectivity index (χ0v) is 29.0. The van der Waals surface area contributed by atoms with Gasteiger partial charge in [-0.05, 0) is 88.1 Å². The van der Waals surface area contributed by atoms with Gasteiger partial charge in [0.1, 0.15) is 18.1 Å². The maximum Gasteiger partial charge on any atom is 0.119 e. The fraction of sp³-hybridized carbons (Fsp3) is 0.438. The normalized spacial score (nSPS) is 14.6. The van der Waals surface area contributed by atoms with Gasteiger partial charge in [-0.25, -0.2) is 0 Å². The summed E-state index contributed by atoms with van der Waals surface area (Å²) in [6.45, 7) is 9.91. The van der Waals surface area contributed by atoms with Crippen LogP contribution in [0.3, 0.4) is 0 Å². The minimum Gasteiger partial charge on any atom is -0.494 e. The highest BCUT2D eigenvalue weighted by Gasteiger charge is 2.24. The number of benzene rings is 3. The van der Waals surface area contributed by atoms with Crippen molar-refractivity contribution in [2.45, 2.75) is 22.6 Å². The van der Waals surface area contributed by atoms with Crippen molar-refractivity contribution in [3.05, 3.63) is 71.8 Å². The molecule has 2 aliphatic heterocycles. The lowest BCUT2D eigenvalue weighted by atomic mass is 10.2. The minimum atomic E-state index is 0. The maximum absolute atomic E-state index is 6.38. The Morgan fingerprint density at radius 2 is 1.30 bits per heavy atom. The Kier molecular flexibility index (Phi) is 16.7. The van der Waals surface area contributed by atoms with Gasteiger partial charge in [0, 0.05) is 60.6 Å². The molecule has 0 radical (unpaired) electrons. The average Bonchev–Trinajstić information content (AvgIpc) is 2.96. The number of hydrogen-bond donors (Lipinski definition) is 0. The number of halogens is 4. The van der Waals surface area contributed by atoms with Crippen LogP contribution in [0.25, 0.3) is 0 Å². The van der Waals surface area contributed by atoms with E-state index < -0.39 is 0 Å². The van der Waals surface area contributed by atoms with E-state index in [1.54, 1.807) is 0 Å². The first kappa shape index (κ1) is 37.6. The van der Waals surface area contributed by atoms with Crippen molar-refractivity contribution < 1.29 is 9.47 Å². The summed E-state index contributed by atoms with van der Waals surface area (Å²) in [4.78, 5) is 12.3. The Hall–Kier alpha value is -1.55. The Balaban J connectivity index is 0.00000215. The predicted octanol–water partition coefficient (Wildman–Crippen LogP) is 7.63. The van der Waals surface area contributed by atoms with E-state index in [-0.39, 0.29) is 37.2 Å². The van der Waals surface area contributed by atoms with Gasteiger partial charge in [-0.2, -0.15) is 0 Å². The van der Waals surface area contributed by atoms with Gasteiger partial charge in [0.05, 0.1) is 18.0 Å². The maximum atomic E-state index is 6.38. The molecule has 3 aromatic rings. The van der Waals surface area contributed by atoms with Gasteiger partial charge in [-0.1, -0.05) is 35.5 Å². The average molecular weight is 691 g/mol. The zero-order chi connectivity index (χ0) is 27.7. The van der Waals surface area contributed by atoms with Gasteiger partial charge in [-0.3, -0.25) is 4.90 Å². The fourth-order valence-corrected chi connectivity index (χ4v) is 6.47. The molecular weight excluding hydrogens is 646 g/mol. The van der Waals surface area contributed by atoms with Crippen LogP contribution in [-0.2, 0) is 0 Å². The molecule has 238 valence electrons. The molecule has 0 aromatic heterocycles. The topological polar surface area (TPSA) is 31.4 Å². The predicted molar refractivity (Wildman–Crippen MR) is 189 cm³/mol. The van der Waals surface area contributed by atoms with Crippen molar-refractivity contribution >= 4 is 72.0 Å². The molecule has 0 unspecified atom stereocenters. The quantitative estimate of drug-likeness (QED) is 0.171. The first-order valence-corrected chi connectivity index (χ1v) is 15.5. The lowest BCUT2D eigenvalue weighted by molar-refractivity contribution is 0.116. The van der Waals surface area contributed by atoms with E-state index >= 15 is 0 Å². The summed E-state index contributed by atoms with van der Waals surface area (Å²) in [5.41, 5.74) is 2.51. The number of nitrogens with zero attached hydrogens (tertiary/aromatic N) is 4. The smallest absolute Gasteiger partial charge is 0.119 e. The molecule has 3 aromatic carbocycles. The molecule has 0 amide bonds. The van der Waals surface area contributed by atoms with E-state index in [2.05, 4.69) is 70.1 Å². The molecule has 1 saturated heterocycles. The lowest BCUT2D eigenvalue weighted by Gasteiger charge is -2.36. The first-order valence-electron chi connectivity index (χ1n) is 14.3. The standard InChI is InChI=1S/C32H41ClN4O2S.3ClH/c1-34(2)15-6-23-38-27-10-12-28(13-11-27)39-24-22-36-20-18-35(19-21-36)16-5-17-37-29-7-3-4-8-31(29)40-32-14-9-26(33)25-30(32)37;;;/h3-4,7-14,25H,5-6,15-24H2,1-2H3;3*1H. The molecule has 0 saturated carbocycles. The molecule has 0 aliphatic carbocycles. The van der Waals surface area contributed by atoms with Crippen LogP contribution in [0.4, 0.5) is 11.4 Å². The molecule has 1 fully saturated rings. The van der Waals surface area contributed by atoms with Gasteiger partial charge < -0.3 is 24.2 Å². The van der Waals surface area contributed by atoms with Gasteiger partial charge in [-0.15, -0.1) is 37.2 Å². The Morgan fingerprint density at radius 3 is 1.98 bits per heavy atom. The van der Waals surface area contributed by atoms with Gasteiger partial charge in [0.15, 0.2) is 0 Å². The Labute approximate surface area is 285 Å². The van der Waals surface area contributed by atoms with Crippen LogP contribution in [0.5, 0.6) is 11.5 Å². The molecule has 6 nitrogen and oxygen atoms in total. The summed E-state index contributed by atoms with van der Waals surface area (Å²) < 4.78 is 11.8. The van der Waals surface area contributed by atoms with Crippen molar-refractivity contribution in [2.24, 2.45) is 0 Å². The molecule has 11 heteroatoms. The van der Waals surface area contributed by atoms with Crippen LogP contribution >= 0.6 is 60.6 Å². The number of rotatable bonds is 13. The molecule has 2 heterocycles. The highest BCUT2D eigenvalue weighted by atomic mass is 35.5. The Bertz CT molecular complexity index is 1230. The number of hydrogen-bond acceptors (Lipinski definition) is 7. The van der Waals surface area contributed by atoms with Crippen LogP contribution in [0, 0.1) is 0 Å². The molecule has 0 bridgehead atoms. The fourth-order valence-electron chi connectivity index (χ4n) is 5.23. The molecule has 0 spiro atoms. The van der Waals surface area contributed by atoms with Crippen LogP contribution < -0.4 is 14.4 Å². The van der Waals surface area contributed by atoms with Crippen molar-refractivity contribution in [3.63, 3.8) is 0 Å². The molecule has 0 N–H and O–H groups in total. The van der Waals surface area contributed by atoms with E-state index in [4.69, 9.17) is 21.1 Å². The van der Waals surface area contributed by atoms with Gasteiger partial charge in [0.25, 0.3) is 0 Å². The van der Waals surface area contributed by atoms with Crippen molar-refractivity contribution in [2.75, 3.05) is 84.6 Å².